The molecule has 0 atom stereocenters. The van der Waals surface area contributed by atoms with Crippen molar-refractivity contribution in [3.63, 3.8) is 0 Å². The van der Waals surface area contributed by atoms with Crippen LogP contribution >= 0.6 is 0 Å². The van der Waals surface area contributed by atoms with Crippen LogP contribution in [0.3, 0.4) is 0 Å². The van der Waals surface area contributed by atoms with Gasteiger partial charge in [-0.3, -0.25) is 0 Å². The molecule has 4 rings (SSSR count). The van der Waals surface area contributed by atoms with Crippen LogP contribution in [0.25, 0.3) is 22.4 Å². The Balaban J connectivity index is 1.65. The quantitative estimate of drug-likeness (QED) is 0.574. The molecule has 0 radical (unpaired) electrons. The van der Waals surface area contributed by atoms with E-state index in [4.69, 9.17) is 5.73 Å². The minimum atomic E-state index is -4.72. The Morgan fingerprint density at radius 1 is 0.964 bits per heavy atom. The van der Waals surface area contributed by atoms with Crippen molar-refractivity contribution in [2.24, 2.45) is 0 Å². The van der Waals surface area contributed by atoms with Gasteiger partial charge in [-0.05, 0) is 17.7 Å². The van der Waals surface area contributed by atoms with Crippen molar-refractivity contribution in [3.05, 3.63) is 66.4 Å². The minimum absolute atomic E-state index is 0.278. The first-order valence-corrected chi connectivity index (χ1v) is 8.28. The van der Waals surface area contributed by atoms with Gasteiger partial charge in [0, 0.05) is 5.56 Å². The SMILES string of the molecule is Nc1nc(-c2ccccc2)nc2c1cnn2Cc1ccc(OC(F)(F)F)cc1. The highest BCUT2D eigenvalue weighted by Gasteiger charge is 2.30. The van der Waals surface area contributed by atoms with Crippen LogP contribution in [0.4, 0.5) is 19.0 Å². The summed E-state index contributed by atoms with van der Waals surface area (Å²) in [5.74, 6) is 0.504. The summed E-state index contributed by atoms with van der Waals surface area (Å²) in [6, 6.07) is 15.0. The number of fused-ring (bicyclic) bond motifs is 1. The van der Waals surface area contributed by atoms with Crippen LogP contribution < -0.4 is 10.5 Å². The highest BCUT2D eigenvalue weighted by molar-refractivity contribution is 5.86. The van der Waals surface area contributed by atoms with Crippen LogP contribution in [0.1, 0.15) is 5.56 Å². The van der Waals surface area contributed by atoms with Gasteiger partial charge in [0.1, 0.15) is 11.6 Å². The molecule has 6 nitrogen and oxygen atoms in total. The monoisotopic (exact) mass is 385 g/mol. The summed E-state index contributed by atoms with van der Waals surface area (Å²) in [4.78, 5) is 8.89. The lowest BCUT2D eigenvalue weighted by Gasteiger charge is -2.10. The van der Waals surface area contributed by atoms with Gasteiger partial charge in [0.25, 0.3) is 0 Å². The lowest BCUT2D eigenvalue weighted by atomic mass is 10.2. The molecule has 0 aliphatic carbocycles. The molecular weight excluding hydrogens is 371 g/mol. The van der Waals surface area contributed by atoms with Gasteiger partial charge in [-0.25, -0.2) is 14.6 Å². The van der Waals surface area contributed by atoms with Crippen molar-refractivity contribution in [1.29, 1.82) is 0 Å². The summed E-state index contributed by atoms with van der Waals surface area (Å²) in [6.07, 6.45) is -3.15. The van der Waals surface area contributed by atoms with E-state index in [1.54, 1.807) is 10.9 Å². The van der Waals surface area contributed by atoms with Gasteiger partial charge < -0.3 is 10.5 Å². The Hall–Kier alpha value is -3.62. The summed E-state index contributed by atoms with van der Waals surface area (Å²) < 4.78 is 42.3. The topological polar surface area (TPSA) is 78.9 Å². The van der Waals surface area contributed by atoms with Gasteiger partial charge in [0.05, 0.1) is 18.1 Å². The molecule has 0 unspecified atom stereocenters. The zero-order chi connectivity index (χ0) is 19.7. The molecule has 4 aromatic rings. The minimum Gasteiger partial charge on any atom is -0.406 e. The van der Waals surface area contributed by atoms with Gasteiger partial charge in [0.2, 0.25) is 0 Å². The predicted molar refractivity (Wildman–Crippen MR) is 97.4 cm³/mol. The molecule has 28 heavy (non-hydrogen) atoms. The number of aromatic nitrogens is 4. The fourth-order valence-corrected chi connectivity index (χ4v) is 2.78. The van der Waals surface area contributed by atoms with E-state index in [0.29, 0.717) is 29.2 Å². The Labute approximate surface area is 157 Å². The summed E-state index contributed by atoms with van der Waals surface area (Å²) in [5.41, 5.74) is 8.15. The molecule has 0 aliphatic rings. The molecule has 2 aromatic heterocycles. The summed E-state index contributed by atoms with van der Waals surface area (Å²) in [6.45, 7) is 0.306. The van der Waals surface area contributed by atoms with Gasteiger partial charge in [0.15, 0.2) is 11.5 Å². The maximum Gasteiger partial charge on any atom is 0.573 e. The molecule has 0 saturated carbocycles. The molecule has 0 aliphatic heterocycles. The Bertz CT molecular complexity index is 1110. The highest BCUT2D eigenvalue weighted by atomic mass is 19.4. The summed E-state index contributed by atoms with van der Waals surface area (Å²) in [5, 5.41) is 4.90. The van der Waals surface area contributed by atoms with E-state index in [-0.39, 0.29) is 5.75 Å². The molecule has 0 amide bonds. The first-order valence-electron chi connectivity index (χ1n) is 8.28. The fourth-order valence-electron chi connectivity index (χ4n) is 2.78. The normalized spacial score (nSPS) is 11.7. The largest absolute Gasteiger partial charge is 0.573 e. The Kier molecular flexibility index (Phi) is 4.34. The Morgan fingerprint density at radius 3 is 2.36 bits per heavy atom. The molecule has 9 heteroatoms. The van der Waals surface area contributed by atoms with E-state index in [0.717, 1.165) is 11.1 Å². The second-order valence-corrected chi connectivity index (χ2v) is 6.03. The van der Waals surface area contributed by atoms with Crippen molar-refractivity contribution in [3.8, 4) is 17.1 Å². The van der Waals surface area contributed by atoms with Crippen LogP contribution in [0.15, 0.2) is 60.8 Å². The zero-order valence-corrected chi connectivity index (χ0v) is 14.4. The number of nitrogens with zero attached hydrogens (tertiary/aromatic N) is 4. The van der Waals surface area contributed by atoms with Gasteiger partial charge in [-0.15, -0.1) is 13.2 Å². The summed E-state index contributed by atoms with van der Waals surface area (Å²) in [7, 11) is 0. The summed E-state index contributed by atoms with van der Waals surface area (Å²) >= 11 is 0. The third-order valence-electron chi connectivity index (χ3n) is 4.05. The second-order valence-electron chi connectivity index (χ2n) is 6.03. The van der Waals surface area contributed by atoms with E-state index >= 15 is 0 Å². The number of anilines is 1. The van der Waals surface area contributed by atoms with Gasteiger partial charge in [-0.2, -0.15) is 5.10 Å². The number of hydrogen-bond acceptors (Lipinski definition) is 5. The maximum absolute atomic E-state index is 12.3. The lowest BCUT2D eigenvalue weighted by molar-refractivity contribution is -0.274. The van der Waals surface area contributed by atoms with E-state index in [1.807, 2.05) is 30.3 Å². The molecule has 0 spiro atoms. The van der Waals surface area contributed by atoms with Crippen LogP contribution in [0, 0.1) is 0 Å². The average Bonchev–Trinajstić information content (AvgIpc) is 3.06. The number of alkyl halides is 3. The van der Waals surface area contributed by atoms with Crippen molar-refractivity contribution in [1.82, 2.24) is 19.7 Å². The van der Waals surface area contributed by atoms with Gasteiger partial charge >= 0.3 is 6.36 Å². The molecule has 0 saturated heterocycles. The molecule has 0 bridgehead atoms. The number of benzene rings is 2. The highest BCUT2D eigenvalue weighted by Crippen LogP contribution is 2.25. The zero-order valence-electron chi connectivity index (χ0n) is 14.4. The van der Waals surface area contributed by atoms with E-state index in [9.17, 15) is 13.2 Å². The first-order chi connectivity index (χ1) is 13.4. The van der Waals surface area contributed by atoms with Crippen molar-refractivity contribution in [2.45, 2.75) is 12.9 Å². The predicted octanol–water partition coefficient (Wildman–Crippen LogP) is 4.02. The van der Waals surface area contributed by atoms with Crippen molar-refractivity contribution < 1.29 is 17.9 Å². The molecule has 2 aromatic carbocycles. The van der Waals surface area contributed by atoms with Crippen LogP contribution in [-0.4, -0.2) is 26.1 Å². The first kappa shape index (κ1) is 17.8. The van der Waals surface area contributed by atoms with Crippen molar-refractivity contribution in [2.75, 3.05) is 5.73 Å². The third kappa shape index (κ3) is 3.73. The number of rotatable bonds is 4. The number of ether oxygens (including phenoxy) is 1. The van der Waals surface area contributed by atoms with Crippen LogP contribution in [-0.2, 0) is 6.54 Å². The maximum atomic E-state index is 12.3. The van der Waals surface area contributed by atoms with Crippen molar-refractivity contribution >= 4 is 16.9 Å². The van der Waals surface area contributed by atoms with E-state index < -0.39 is 6.36 Å². The lowest BCUT2D eigenvalue weighted by Crippen LogP contribution is -2.17. The molecule has 2 heterocycles. The Morgan fingerprint density at radius 2 is 1.68 bits per heavy atom. The average molecular weight is 385 g/mol. The van der Waals surface area contributed by atoms with Gasteiger partial charge in [-0.1, -0.05) is 42.5 Å². The molecular formula is C19H14F3N5O. The fraction of sp³-hybridized carbons (Fsp3) is 0.105. The standard InChI is InChI=1S/C19H14F3N5O/c20-19(21,22)28-14-8-6-12(7-9-14)11-27-18-15(10-24-27)16(23)25-17(26-18)13-4-2-1-3-5-13/h1-10H,11H2,(H2,23,25,26). The molecule has 0 fully saturated rings. The number of nitrogen functional groups attached to an aromatic ring is 1. The molecule has 142 valence electrons. The van der Waals surface area contributed by atoms with Crippen LogP contribution in [0.5, 0.6) is 5.75 Å². The number of halogens is 3. The number of nitrogens with two attached hydrogens (primary N) is 1. The number of hydrogen-bond donors (Lipinski definition) is 1. The smallest absolute Gasteiger partial charge is 0.406 e. The third-order valence-corrected chi connectivity index (χ3v) is 4.05. The second kappa shape index (κ2) is 6.84. The molecule has 2 N–H and O–H groups in total. The van der Waals surface area contributed by atoms with E-state index in [1.165, 1.54) is 24.3 Å². The van der Waals surface area contributed by atoms with Crippen LogP contribution in [0.2, 0.25) is 0 Å². The van der Waals surface area contributed by atoms with E-state index in [2.05, 4.69) is 19.8 Å².